The van der Waals surface area contributed by atoms with Gasteiger partial charge in [-0.05, 0) is 61.9 Å². The quantitative estimate of drug-likeness (QED) is 0.599. The van der Waals surface area contributed by atoms with Gasteiger partial charge in [-0.1, -0.05) is 0 Å². The van der Waals surface area contributed by atoms with Gasteiger partial charge in [-0.3, -0.25) is 4.98 Å². The molecule has 0 bridgehead atoms. The first-order chi connectivity index (χ1) is 12.2. The number of aryl methyl sites for hydroxylation is 1. The summed E-state index contributed by atoms with van der Waals surface area (Å²) in [6.07, 6.45) is 4.45. The summed E-state index contributed by atoms with van der Waals surface area (Å²) in [5.74, 6) is 1.26. The topological polar surface area (TPSA) is 103 Å². The van der Waals surface area contributed by atoms with Crippen molar-refractivity contribution in [1.82, 2.24) is 15.0 Å². The number of hydrogen-bond donors (Lipinski definition) is 3. The normalized spacial score (nSPS) is 10.6. The molecule has 6 heteroatoms. The summed E-state index contributed by atoms with van der Waals surface area (Å²) in [6, 6.07) is 11.7. The maximum Gasteiger partial charge on any atom is 0.126 e. The molecule has 0 saturated carbocycles. The fourth-order valence-corrected chi connectivity index (χ4v) is 2.58. The van der Waals surface area contributed by atoms with Crippen LogP contribution in [0.2, 0.25) is 0 Å². The van der Waals surface area contributed by atoms with E-state index in [0.717, 1.165) is 46.9 Å². The molecule has 0 saturated heterocycles. The van der Waals surface area contributed by atoms with E-state index in [4.69, 9.17) is 11.5 Å². The maximum atomic E-state index is 5.93. The van der Waals surface area contributed by atoms with Crippen molar-refractivity contribution in [2.45, 2.75) is 13.3 Å². The summed E-state index contributed by atoms with van der Waals surface area (Å²) in [5, 5.41) is 3.27. The Balaban J connectivity index is 2.02. The lowest BCUT2D eigenvalue weighted by Crippen LogP contribution is -2.09. The molecule has 0 aliphatic carbocycles. The van der Waals surface area contributed by atoms with Crippen LogP contribution in [0.25, 0.3) is 22.5 Å². The van der Waals surface area contributed by atoms with E-state index in [2.05, 4.69) is 20.3 Å². The molecular formula is C19H22N6. The Bertz CT molecular complexity index is 862. The molecule has 3 rings (SSSR count). The van der Waals surface area contributed by atoms with Crippen molar-refractivity contribution < 1.29 is 0 Å². The van der Waals surface area contributed by atoms with Crippen LogP contribution in [0.15, 0.2) is 48.8 Å². The molecule has 0 spiro atoms. The first-order valence-corrected chi connectivity index (χ1v) is 8.27. The molecule has 0 atom stereocenters. The average Bonchev–Trinajstić information content (AvgIpc) is 2.62. The van der Waals surface area contributed by atoms with E-state index in [1.807, 2.05) is 37.3 Å². The van der Waals surface area contributed by atoms with Gasteiger partial charge >= 0.3 is 0 Å². The molecule has 3 aromatic rings. The standard InChI is InChI=1S/C19H22N6/c1-13-5-9-22-16(11-13)15-3-4-17(21)25-19(15)14-6-10-24-18(12-14)23-8-2-7-20/h3-6,9-12H,2,7-8,20H2,1H3,(H2,21,25)(H,23,24). The van der Waals surface area contributed by atoms with E-state index >= 15 is 0 Å². The molecule has 0 unspecified atom stereocenters. The Morgan fingerprint density at radius 3 is 2.68 bits per heavy atom. The molecule has 3 aromatic heterocycles. The predicted octanol–water partition coefficient (Wildman–Crippen LogP) is 2.86. The fraction of sp³-hybridized carbons (Fsp3) is 0.211. The third-order valence-electron chi connectivity index (χ3n) is 3.83. The molecule has 0 radical (unpaired) electrons. The largest absolute Gasteiger partial charge is 0.384 e. The number of aromatic nitrogens is 3. The Labute approximate surface area is 147 Å². The summed E-state index contributed by atoms with van der Waals surface area (Å²) >= 11 is 0. The predicted molar refractivity (Wildman–Crippen MR) is 102 cm³/mol. The highest BCUT2D eigenvalue weighted by molar-refractivity contribution is 5.81. The van der Waals surface area contributed by atoms with Gasteiger partial charge in [-0.2, -0.15) is 0 Å². The molecule has 3 heterocycles. The SMILES string of the molecule is Cc1ccnc(-c2ccc(N)nc2-c2ccnc(NCCCN)c2)c1. The van der Waals surface area contributed by atoms with Crippen molar-refractivity contribution in [3.05, 3.63) is 54.4 Å². The van der Waals surface area contributed by atoms with Gasteiger partial charge in [-0.15, -0.1) is 0 Å². The third-order valence-corrected chi connectivity index (χ3v) is 3.83. The van der Waals surface area contributed by atoms with Crippen molar-refractivity contribution in [2.24, 2.45) is 5.73 Å². The molecule has 0 fully saturated rings. The van der Waals surface area contributed by atoms with Gasteiger partial charge in [0.15, 0.2) is 0 Å². The molecule has 25 heavy (non-hydrogen) atoms. The Kier molecular flexibility index (Phi) is 5.20. The number of nitrogens with one attached hydrogen (secondary N) is 1. The molecule has 6 nitrogen and oxygen atoms in total. The molecule has 128 valence electrons. The molecular weight excluding hydrogens is 312 g/mol. The van der Waals surface area contributed by atoms with Gasteiger partial charge in [0.25, 0.3) is 0 Å². The number of anilines is 2. The fourth-order valence-electron chi connectivity index (χ4n) is 2.58. The van der Waals surface area contributed by atoms with Crippen molar-refractivity contribution in [3.63, 3.8) is 0 Å². The monoisotopic (exact) mass is 334 g/mol. The van der Waals surface area contributed by atoms with Crippen LogP contribution in [0.3, 0.4) is 0 Å². The van der Waals surface area contributed by atoms with E-state index < -0.39 is 0 Å². The second kappa shape index (κ2) is 7.72. The summed E-state index contributed by atoms with van der Waals surface area (Å²) in [4.78, 5) is 13.4. The lowest BCUT2D eigenvalue weighted by Gasteiger charge is -2.11. The van der Waals surface area contributed by atoms with Crippen molar-refractivity contribution >= 4 is 11.6 Å². The van der Waals surface area contributed by atoms with E-state index in [0.29, 0.717) is 12.4 Å². The lowest BCUT2D eigenvalue weighted by molar-refractivity contribution is 0.870. The van der Waals surface area contributed by atoms with E-state index in [1.165, 1.54) is 0 Å². The van der Waals surface area contributed by atoms with Gasteiger partial charge in [0.1, 0.15) is 11.6 Å². The molecule has 0 amide bonds. The zero-order chi connectivity index (χ0) is 17.6. The van der Waals surface area contributed by atoms with Crippen molar-refractivity contribution in [3.8, 4) is 22.5 Å². The summed E-state index contributed by atoms with van der Waals surface area (Å²) in [6.45, 7) is 3.47. The molecule has 0 aliphatic heterocycles. The first-order valence-electron chi connectivity index (χ1n) is 8.27. The molecule has 0 aliphatic rings. The van der Waals surface area contributed by atoms with Crippen LogP contribution in [0, 0.1) is 6.92 Å². The third kappa shape index (κ3) is 4.10. The van der Waals surface area contributed by atoms with Gasteiger partial charge in [0.05, 0.1) is 11.4 Å². The van der Waals surface area contributed by atoms with Crippen molar-refractivity contribution in [1.29, 1.82) is 0 Å². The van der Waals surface area contributed by atoms with Crippen LogP contribution >= 0.6 is 0 Å². The molecule has 5 N–H and O–H groups in total. The summed E-state index contributed by atoms with van der Waals surface area (Å²) in [5.41, 5.74) is 16.2. The second-order valence-electron chi connectivity index (χ2n) is 5.85. The van der Waals surface area contributed by atoms with Crippen LogP contribution in [0.1, 0.15) is 12.0 Å². The highest BCUT2D eigenvalue weighted by Gasteiger charge is 2.12. The van der Waals surface area contributed by atoms with Crippen molar-refractivity contribution in [2.75, 3.05) is 24.1 Å². The number of pyridine rings is 3. The number of nitrogen functional groups attached to an aromatic ring is 1. The number of hydrogen-bond acceptors (Lipinski definition) is 6. The van der Waals surface area contributed by atoms with Crippen LogP contribution in [-0.2, 0) is 0 Å². The summed E-state index contributed by atoms with van der Waals surface area (Å²) < 4.78 is 0. The lowest BCUT2D eigenvalue weighted by atomic mass is 10.0. The first kappa shape index (κ1) is 16.9. The van der Waals surface area contributed by atoms with Crippen LogP contribution < -0.4 is 16.8 Å². The Morgan fingerprint density at radius 2 is 1.88 bits per heavy atom. The van der Waals surface area contributed by atoms with Gasteiger partial charge < -0.3 is 16.8 Å². The van der Waals surface area contributed by atoms with E-state index in [-0.39, 0.29) is 0 Å². The average molecular weight is 334 g/mol. The van der Waals surface area contributed by atoms with E-state index in [9.17, 15) is 0 Å². The summed E-state index contributed by atoms with van der Waals surface area (Å²) in [7, 11) is 0. The maximum absolute atomic E-state index is 5.93. The Hall–Kier alpha value is -2.99. The smallest absolute Gasteiger partial charge is 0.126 e. The zero-order valence-electron chi connectivity index (χ0n) is 14.2. The minimum Gasteiger partial charge on any atom is -0.384 e. The minimum absolute atomic E-state index is 0.473. The van der Waals surface area contributed by atoms with E-state index in [1.54, 1.807) is 18.5 Å². The number of nitrogens with zero attached hydrogens (tertiary/aromatic N) is 3. The Morgan fingerprint density at radius 1 is 1.04 bits per heavy atom. The number of rotatable bonds is 6. The highest BCUT2D eigenvalue weighted by atomic mass is 15.0. The minimum atomic E-state index is 0.473. The van der Waals surface area contributed by atoms with Gasteiger partial charge in [-0.25, -0.2) is 9.97 Å². The van der Waals surface area contributed by atoms with Gasteiger partial charge in [0, 0.05) is 30.1 Å². The van der Waals surface area contributed by atoms with Crippen LogP contribution in [-0.4, -0.2) is 28.0 Å². The molecule has 0 aromatic carbocycles. The number of nitrogens with two attached hydrogens (primary N) is 2. The van der Waals surface area contributed by atoms with Crippen LogP contribution in [0.4, 0.5) is 11.6 Å². The van der Waals surface area contributed by atoms with Gasteiger partial charge in [0.2, 0.25) is 0 Å². The zero-order valence-corrected chi connectivity index (χ0v) is 14.2. The van der Waals surface area contributed by atoms with Crippen LogP contribution in [0.5, 0.6) is 0 Å². The highest BCUT2D eigenvalue weighted by Crippen LogP contribution is 2.31. The second-order valence-corrected chi connectivity index (χ2v) is 5.85.